The minimum atomic E-state index is 0.222. The molecule has 0 bridgehead atoms. The van der Waals surface area contributed by atoms with Crippen LogP contribution in [0.5, 0.6) is 0 Å². The molecule has 0 fully saturated rings. The van der Waals surface area contributed by atoms with Crippen LogP contribution in [0.15, 0.2) is 24.3 Å². The van der Waals surface area contributed by atoms with Gasteiger partial charge in [0.25, 0.3) is 0 Å². The molecule has 0 aliphatic rings. The van der Waals surface area contributed by atoms with Crippen LogP contribution in [0.3, 0.4) is 0 Å². The van der Waals surface area contributed by atoms with Crippen LogP contribution in [0.1, 0.15) is 65.1 Å². The van der Waals surface area contributed by atoms with E-state index < -0.39 is 0 Å². The van der Waals surface area contributed by atoms with Crippen molar-refractivity contribution in [3.05, 3.63) is 35.4 Å². The first kappa shape index (κ1) is 18.2. The van der Waals surface area contributed by atoms with E-state index >= 15 is 0 Å². The van der Waals surface area contributed by atoms with Crippen molar-refractivity contribution in [1.29, 1.82) is 0 Å². The standard InChI is InChI=1S/C19H34N2/c1-8-13-20-18(14-21(7)15(2)3)16-9-11-17(12-10-16)19(4,5)6/h9-12,15,18,20H,8,13-14H2,1-7H3. The Kier molecular flexibility index (Phi) is 6.89. The molecular weight excluding hydrogens is 256 g/mol. The van der Waals surface area contributed by atoms with Gasteiger partial charge in [0.15, 0.2) is 0 Å². The van der Waals surface area contributed by atoms with Crippen LogP contribution in [0, 0.1) is 0 Å². The Morgan fingerprint density at radius 2 is 1.67 bits per heavy atom. The summed E-state index contributed by atoms with van der Waals surface area (Å²) in [6.07, 6.45) is 1.17. The number of likely N-dealkylation sites (N-methyl/N-ethyl adjacent to an activating group) is 1. The van der Waals surface area contributed by atoms with Gasteiger partial charge in [-0.05, 0) is 50.4 Å². The van der Waals surface area contributed by atoms with Gasteiger partial charge in [0.2, 0.25) is 0 Å². The van der Waals surface area contributed by atoms with Crippen molar-refractivity contribution < 1.29 is 0 Å². The number of rotatable bonds is 7. The zero-order valence-corrected chi connectivity index (χ0v) is 15.0. The molecule has 1 rings (SSSR count). The number of nitrogens with one attached hydrogen (secondary N) is 1. The molecule has 0 aliphatic heterocycles. The molecule has 2 heteroatoms. The van der Waals surface area contributed by atoms with Crippen molar-refractivity contribution in [3.63, 3.8) is 0 Å². The third-order valence-corrected chi connectivity index (χ3v) is 4.17. The molecule has 1 unspecified atom stereocenters. The first-order chi connectivity index (χ1) is 9.75. The van der Waals surface area contributed by atoms with Gasteiger partial charge in [-0.1, -0.05) is 52.0 Å². The highest BCUT2D eigenvalue weighted by atomic mass is 15.1. The molecule has 2 nitrogen and oxygen atoms in total. The van der Waals surface area contributed by atoms with Gasteiger partial charge in [0.1, 0.15) is 0 Å². The summed E-state index contributed by atoms with van der Waals surface area (Å²) in [5.74, 6) is 0. The smallest absolute Gasteiger partial charge is 0.0449 e. The monoisotopic (exact) mass is 290 g/mol. The lowest BCUT2D eigenvalue weighted by molar-refractivity contribution is 0.242. The molecule has 0 spiro atoms. The topological polar surface area (TPSA) is 15.3 Å². The maximum atomic E-state index is 3.69. The number of hydrogen-bond donors (Lipinski definition) is 1. The zero-order valence-electron chi connectivity index (χ0n) is 15.0. The molecule has 21 heavy (non-hydrogen) atoms. The molecule has 0 aromatic heterocycles. The maximum Gasteiger partial charge on any atom is 0.0449 e. The lowest BCUT2D eigenvalue weighted by atomic mass is 9.86. The zero-order chi connectivity index (χ0) is 16.0. The molecule has 0 saturated heterocycles. The summed E-state index contributed by atoms with van der Waals surface area (Å²) < 4.78 is 0. The first-order valence-corrected chi connectivity index (χ1v) is 8.29. The molecule has 0 radical (unpaired) electrons. The van der Waals surface area contributed by atoms with E-state index in [0.29, 0.717) is 12.1 Å². The van der Waals surface area contributed by atoms with Crippen molar-refractivity contribution in [2.24, 2.45) is 0 Å². The third kappa shape index (κ3) is 5.80. The van der Waals surface area contributed by atoms with Gasteiger partial charge in [-0.2, -0.15) is 0 Å². The summed E-state index contributed by atoms with van der Waals surface area (Å²) in [6, 6.07) is 10.1. The minimum Gasteiger partial charge on any atom is -0.309 e. The van der Waals surface area contributed by atoms with Crippen molar-refractivity contribution in [1.82, 2.24) is 10.2 Å². The van der Waals surface area contributed by atoms with Crippen LogP contribution >= 0.6 is 0 Å². The Morgan fingerprint density at radius 1 is 1.10 bits per heavy atom. The van der Waals surface area contributed by atoms with E-state index in [2.05, 4.69) is 83.1 Å². The molecule has 1 atom stereocenters. The molecule has 1 N–H and O–H groups in total. The molecule has 0 amide bonds. The summed E-state index contributed by atoms with van der Waals surface area (Å²) in [6.45, 7) is 15.6. The van der Waals surface area contributed by atoms with Crippen LogP contribution < -0.4 is 5.32 Å². The van der Waals surface area contributed by atoms with Crippen LogP contribution in [-0.4, -0.2) is 31.1 Å². The Morgan fingerprint density at radius 3 is 2.10 bits per heavy atom. The highest BCUT2D eigenvalue weighted by Gasteiger charge is 2.17. The number of hydrogen-bond acceptors (Lipinski definition) is 2. The summed E-state index contributed by atoms with van der Waals surface area (Å²) in [7, 11) is 2.20. The van der Waals surface area contributed by atoms with E-state index in [0.717, 1.165) is 13.1 Å². The fraction of sp³-hybridized carbons (Fsp3) is 0.684. The second kappa shape index (κ2) is 7.95. The quantitative estimate of drug-likeness (QED) is 0.802. The first-order valence-electron chi connectivity index (χ1n) is 8.29. The predicted molar refractivity (Wildman–Crippen MR) is 93.9 cm³/mol. The normalized spacial score (nSPS) is 14.0. The molecule has 120 valence electrons. The van der Waals surface area contributed by atoms with E-state index in [1.807, 2.05) is 0 Å². The molecule has 0 heterocycles. The van der Waals surface area contributed by atoms with Crippen LogP contribution in [0.4, 0.5) is 0 Å². The van der Waals surface area contributed by atoms with Gasteiger partial charge in [-0.25, -0.2) is 0 Å². The van der Waals surface area contributed by atoms with Gasteiger partial charge in [-0.3, -0.25) is 0 Å². The van der Waals surface area contributed by atoms with Crippen LogP contribution in [0.2, 0.25) is 0 Å². The minimum absolute atomic E-state index is 0.222. The van der Waals surface area contributed by atoms with Crippen molar-refractivity contribution >= 4 is 0 Å². The Bertz CT molecular complexity index is 401. The highest BCUT2D eigenvalue weighted by Crippen LogP contribution is 2.24. The van der Waals surface area contributed by atoms with Crippen molar-refractivity contribution in [3.8, 4) is 0 Å². The van der Waals surface area contributed by atoms with E-state index in [4.69, 9.17) is 0 Å². The third-order valence-electron chi connectivity index (χ3n) is 4.17. The SMILES string of the molecule is CCCNC(CN(C)C(C)C)c1ccc(C(C)(C)C)cc1. The molecule has 1 aromatic carbocycles. The van der Waals surface area contributed by atoms with E-state index in [1.54, 1.807) is 0 Å². The molecular formula is C19H34N2. The van der Waals surface area contributed by atoms with Crippen LogP contribution in [-0.2, 0) is 5.41 Å². The van der Waals surface area contributed by atoms with Gasteiger partial charge in [0, 0.05) is 18.6 Å². The van der Waals surface area contributed by atoms with Crippen molar-refractivity contribution in [2.45, 2.75) is 65.5 Å². The molecule has 0 saturated carbocycles. The lowest BCUT2D eigenvalue weighted by Crippen LogP contribution is -2.36. The summed E-state index contributed by atoms with van der Waals surface area (Å²) in [5.41, 5.74) is 3.02. The average molecular weight is 290 g/mol. The molecule has 1 aromatic rings. The fourth-order valence-corrected chi connectivity index (χ4v) is 2.32. The van der Waals surface area contributed by atoms with Gasteiger partial charge in [0.05, 0.1) is 0 Å². The fourth-order valence-electron chi connectivity index (χ4n) is 2.32. The van der Waals surface area contributed by atoms with E-state index in [9.17, 15) is 0 Å². The average Bonchev–Trinajstić information content (AvgIpc) is 2.42. The maximum absolute atomic E-state index is 3.69. The lowest BCUT2D eigenvalue weighted by Gasteiger charge is -2.28. The van der Waals surface area contributed by atoms with E-state index in [-0.39, 0.29) is 5.41 Å². The summed E-state index contributed by atoms with van der Waals surface area (Å²) >= 11 is 0. The van der Waals surface area contributed by atoms with Gasteiger partial charge < -0.3 is 10.2 Å². The summed E-state index contributed by atoms with van der Waals surface area (Å²) in [5, 5.41) is 3.69. The highest BCUT2D eigenvalue weighted by molar-refractivity contribution is 5.29. The van der Waals surface area contributed by atoms with Crippen LogP contribution in [0.25, 0.3) is 0 Å². The second-order valence-electron chi connectivity index (χ2n) is 7.41. The molecule has 0 aliphatic carbocycles. The Hall–Kier alpha value is -0.860. The Balaban J connectivity index is 2.87. The van der Waals surface area contributed by atoms with E-state index in [1.165, 1.54) is 17.5 Å². The van der Waals surface area contributed by atoms with Gasteiger partial charge >= 0.3 is 0 Å². The van der Waals surface area contributed by atoms with Crippen molar-refractivity contribution in [2.75, 3.05) is 20.1 Å². The number of nitrogens with zero attached hydrogens (tertiary/aromatic N) is 1. The number of benzene rings is 1. The Labute approximate surface area is 131 Å². The van der Waals surface area contributed by atoms with Gasteiger partial charge in [-0.15, -0.1) is 0 Å². The second-order valence-corrected chi connectivity index (χ2v) is 7.41. The largest absolute Gasteiger partial charge is 0.309 e. The predicted octanol–water partition coefficient (Wildman–Crippen LogP) is 4.37. The summed E-state index contributed by atoms with van der Waals surface area (Å²) in [4.78, 5) is 2.41.